The molecule has 0 amide bonds. The first-order valence-corrected chi connectivity index (χ1v) is 14.5. The van der Waals surface area contributed by atoms with Gasteiger partial charge in [-0.2, -0.15) is 5.10 Å². The molecule has 2 fully saturated rings. The number of likely N-dealkylation sites (tertiary alicyclic amines) is 1. The van der Waals surface area contributed by atoms with E-state index in [1.54, 1.807) is 0 Å². The Bertz CT molecular complexity index is 1560. The number of hydrogen-bond acceptors (Lipinski definition) is 7. The maximum atomic E-state index is 13.1. The van der Waals surface area contributed by atoms with Crippen molar-refractivity contribution in [3.63, 3.8) is 0 Å². The molecule has 0 radical (unpaired) electrons. The fourth-order valence-corrected chi connectivity index (χ4v) is 5.97. The number of nitrogen functional groups attached to an aromatic ring is 1. The summed E-state index contributed by atoms with van der Waals surface area (Å²) >= 11 is 0. The summed E-state index contributed by atoms with van der Waals surface area (Å²) in [6.07, 6.45) is 10.9. The molecule has 9 nitrogen and oxygen atoms in total. The van der Waals surface area contributed by atoms with E-state index in [1.807, 2.05) is 71.4 Å². The van der Waals surface area contributed by atoms with Gasteiger partial charge in [-0.15, -0.1) is 0 Å². The molecule has 41 heavy (non-hydrogen) atoms. The maximum Gasteiger partial charge on any atom is 0.288 e. The molecular formula is C32H38N6O3. The number of nitrogens with one attached hydrogen (secondary N) is 1. The van der Waals surface area contributed by atoms with Gasteiger partial charge in [0.05, 0.1) is 5.39 Å². The molecule has 1 aliphatic heterocycles. The van der Waals surface area contributed by atoms with Crippen molar-refractivity contribution in [3.05, 3.63) is 83.3 Å². The van der Waals surface area contributed by atoms with Crippen LogP contribution in [0.4, 0.5) is 5.82 Å². The normalized spacial score (nSPS) is 19.1. The smallest absolute Gasteiger partial charge is 0.288 e. The molecule has 1 saturated heterocycles. The number of piperidine rings is 1. The highest BCUT2D eigenvalue weighted by Gasteiger charge is 2.28. The molecule has 3 heterocycles. The van der Waals surface area contributed by atoms with Crippen molar-refractivity contribution in [1.29, 1.82) is 0 Å². The fraction of sp³-hybridized carbons (Fsp3) is 0.375. The van der Waals surface area contributed by atoms with Crippen LogP contribution in [0.3, 0.4) is 0 Å². The second-order valence-corrected chi connectivity index (χ2v) is 11.2. The molecule has 4 aromatic rings. The van der Waals surface area contributed by atoms with Crippen molar-refractivity contribution in [2.75, 3.05) is 32.4 Å². The zero-order valence-corrected chi connectivity index (χ0v) is 23.4. The van der Waals surface area contributed by atoms with Gasteiger partial charge in [-0.05, 0) is 68.6 Å². The van der Waals surface area contributed by atoms with Gasteiger partial charge in [0.2, 0.25) is 0 Å². The van der Waals surface area contributed by atoms with Gasteiger partial charge in [0, 0.05) is 43.5 Å². The number of aromatic nitrogens is 3. The van der Waals surface area contributed by atoms with Crippen molar-refractivity contribution in [2.24, 2.45) is 0 Å². The first-order valence-electron chi connectivity index (χ1n) is 14.5. The van der Waals surface area contributed by atoms with Crippen molar-refractivity contribution >= 4 is 16.7 Å². The van der Waals surface area contributed by atoms with Crippen molar-refractivity contribution in [1.82, 2.24) is 24.6 Å². The van der Waals surface area contributed by atoms with Crippen molar-refractivity contribution in [2.45, 2.75) is 50.4 Å². The van der Waals surface area contributed by atoms with Crippen LogP contribution in [0.15, 0.2) is 77.7 Å². The third-order valence-corrected chi connectivity index (χ3v) is 8.52. The predicted molar refractivity (Wildman–Crippen MR) is 162 cm³/mol. The predicted octanol–water partition coefficient (Wildman–Crippen LogP) is 4.76. The van der Waals surface area contributed by atoms with E-state index >= 15 is 0 Å². The van der Waals surface area contributed by atoms with Gasteiger partial charge >= 0.3 is 0 Å². The minimum atomic E-state index is -0.670. The summed E-state index contributed by atoms with van der Waals surface area (Å²) in [6.45, 7) is 2.26. The standard InChI is InChI=1S/C32H38N6O3/c1-36(23-8-5-9-23)18-7-13-28(39)37-19-6-10-24(20-37)38-21-27(29-30(38)32(40)35-34-31(29)33)22-14-16-26(17-15-22)41-25-11-3-2-4-12-25/h2-4,7,11-17,21,23-24,28,39H,5-6,8-10,18-20H2,1H3,(H2,33,34)(H,35,40)/b13-7+/t24-,28?/m1/s1. The molecule has 2 aliphatic rings. The number of likely N-dealkylation sites (N-methyl/N-ethyl adjacent to an activating group) is 1. The van der Waals surface area contributed by atoms with Crippen LogP contribution in [0, 0.1) is 0 Å². The lowest BCUT2D eigenvalue weighted by molar-refractivity contribution is 0.0138. The third-order valence-electron chi connectivity index (χ3n) is 8.52. The lowest BCUT2D eigenvalue weighted by Crippen LogP contribution is -2.42. The summed E-state index contributed by atoms with van der Waals surface area (Å²) in [7, 11) is 2.15. The summed E-state index contributed by atoms with van der Waals surface area (Å²) in [5.74, 6) is 1.77. The van der Waals surface area contributed by atoms with Gasteiger partial charge in [0.25, 0.3) is 5.56 Å². The molecule has 2 aromatic carbocycles. The van der Waals surface area contributed by atoms with Crippen molar-refractivity contribution in [3.8, 4) is 22.6 Å². The molecule has 1 aliphatic carbocycles. The van der Waals surface area contributed by atoms with Gasteiger partial charge in [0.15, 0.2) is 5.82 Å². The van der Waals surface area contributed by atoms with E-state index in [4.69, 9.17) is 10.5 Å². The highest BCUT2D eigenvalue weighted by atomic mass is 16.5. The number of ether oxygens (including phenoxy) is 1. The molecule has 9 heteroatoms. The van der Waals surface area contributed by atoms with Crippen LogP contribution in [0.5, 0.6) is 11.5 Å². The Morgan fingerprint density at radius 1 is 1.12 bits per heavy atom. The summed E-state index contributed by atoms with van der Waals surface area (Å²) in [5.41, 5.74) is 8.34. The van der Waals surface area contributed by atoms with Crippen LogP contribution in [-0.2, 0) is 0 Å². The summed E-state index contributed by atoms with van der Waals surface area (Å²) < 4.78 is 7.99. The van der Waals surface area contributed by atoms with Gasteiger partial charge in [0.1, 0.15) is 23.2 Å². The molecule has 214 valence electrons. The van der Waals surface area contributed by atoms with Crippen LogP contribution in [0.2, 0.25) is 0 Å². The van der Waals surface area contributed by atoms with E-state index in [9.17, 15) is 9.90 Å². The number of nitrogens with two attached hydrogens (primary N) is 1. The average Bonchev–Trinajstić information content (AvgIpc) is 3.37. The Kier molecular flexibility index (Phi) is 7.91. The molecule has 6 rings (SSSR count). The lowest BCUT2D eigenvalue weighted by atomic mass is 9.92. The van der Waals surface area contributed by atoms with E-state index in [-0.39, 0.29) is 17.4 Å². The monoisotopic (exact) mass is 554 g/mol. The van der Waals surface area contributed by atoms with E-state index in [1.165, 1.54) is 19.3 Å². The zero-order chi connectivity index (χ0) is 28.3. The number of benzene rings is 2. The Labute approximate surface area is 239 Å². The number of rotatable bonds is 9. The van der Waals surface area contributed by atoms with E-state index in [2.05, 4.69) is 33.1 Å². The maximum absolute atomic E-state index is 13.1. The van der Waals surface area contributed by atoms with Crippen LogP contribution in [0.1, 0.15) is 38.1 Å². The van der Waals surface area contributed by atoms with E-state index < -0.39 is 6.23 Å². The Morgan fingerprint density at radius 2 is 1.88 bits per heavy atom. The Hall–Kier alpha value is -3.92. The number of hydrogen-bond donors (Lipinski definition) is 3. The van der Waals surface area contributed by atoms with Gasteiger partial charge in [-0.25, -0.2) is 5.10 Å². The van der Waals surface area contributed by atoms with Crippen LogP contribution >= 0.6 is 0 Å². The summed E-state index contributed by atoms with van der Waals surface area (Å²) in [4.78, 5) is 17.5. The van der Waals surface area contributed by atoms with Gasteiger partial charge in [-0.3, -0.25) is 14.6 Å². The van der Waals surface area contributed by atoms with Gasteiger partial charge in [-0.1, -0.05) is 42.8 Å². The quantitative estimate of drug-likeness (QED) is 0.256. The second kappa shape index (κ2) is 11.9. The SMILES string of the molecule is CN(C/C=C/C(O)N1CCC[C@@H](n2cc(-c3ccc(Oc4ccccc4)cc3)c3c(N)n[nH]c(=O)c32)C1)C1CCC1. The highest BCUT2D eigenvalue weighted by molar-refractivity contribution is 6.02. The fourth-order valence-electron chi connectivity index (χ4n) is 5.97. The number of nitrogens with zero attached hydrogens (tertiary/aromatic N) is 4. The topological polar surface area (TPSA) is 113 Å². The number of aliphatic hydroxyl groups is 1. The molecular weight excluding hydrogens is 516 g/mol. The van der Waals surface area contributed by atoms with Crippen LogP contribution in [-0.4, -0.2) is 68.6 Å². The molecule has 0 bridgehead atoms. The highest BCUT2D eigenvalue weighted by Crippen LogP contribution is 2.36. The number of para-hydroxylation sites is 1. The second-order valence-electron chi connectivity index (χ2n) is 11.2. The number of anilines is 1. The minimum Gasteiger partial charge on any atom is -0.457 e. The minimum absolute atomic E-state index is 0.00397. The lowest BCUT2D eigenvalue weighted by Gasteiger charge is -2.36. The first kappa shape index (κ1) is 27.3. The molecule has 0 spiro atoms. The number of fused-ring (bicyclic) bond motifs is 1. The zero-order valence-electron chi connectivity index (χ0n) is 23.4. The molecule has 2 aromatic heterocycles. The molecule has 1 saturated carbocycles. The summed E-state index contributed by atoms with van der Waals surface area (Å²) in [5, 5.41) is 18.3. The molecule has 4 N–H and O–H groups in total. The number of aromatic amines is 1. The third kappa shape index (κ3) is 5.79. The molecule has 2 atom stereocenters. The largest absolute Gasteiger partial charge is 0.457 e. The molecule has 1 unspecified atom stereocenters. The van der Waals surface area contributed by atoms with E-state index in [0.29, 0.717) is 23.5 Å². The average molecular weight is 555 g/mol. The van der Waals surface area contributed by atoms with Crippen LogP contribution in [0.25, 0.3) is 22.0 Å². The Morgan fingerprint density at radius 3 is 2.61 bits per heavy atom. The summed E-state index contributed by atoms with van der Waals surface area (Å²) in [6, 6.07) is 18.1. The van der Waals surface area contributed by atoms with Gasteiger partial charge < -0.3 is 20.1 Å². The number of aliphatic hydroxyl groups excluding tert-OH is 1. The van der Waals surface area contributed by atoms with Crippen LogP contribution < -0.4 is 16.0 Å². The van der Waals surface area contributed by atoms with Crippen molar-refractivity contribution < 1.29 is 9.84 Å². The van der Waals surface area contributed by atoms with E-state index in [0.717, 1.165) is 48.6 Å². The number of H-pyrrole nitrogens is 1. The Balaban J connectivity index is 1.24. The first-order chi connectivity index (χ1) is 20.0.